The van der Waals surface area contributed by atoms with Crippen LogP contribution in [0.1, 0.15) is 16.0 Å². The van der Waals surface area contributed by atoms with Gasteiger partial charge < -0.3 is 4.90 Å². The van der Waals surface area contributed by atoms with Crippen LogP contribution in [0, 0.1) is 13.8 Å². The van der Waals surface area contributed by atoms with Crippen molar-refractivity contribution in [1.29, 1.82) is 0 Å². The number of carbonyl (C=O) groups excluding carboxylic acids is 1. The van der Waals surface area contributed by atoms with Crippen molar-refractivity contribution in [3.63, 3.8) is 0 Å². The third-order valence-electron chi connectivity index (χ3n) is 4.49. The van der Waals surface area contributed by atoms with E-state index in [1.54, 1.807) is 46.6 Å². The van der Waals surface area contributed by atoms with E-state index in [0.717, 1.165) is 16.0 Å². The van der Waals surface area contributed by atoms with Crippen LogP contribution < -0.4 is 0 Å². The van der Waals surface area contributed by atoms with Crippen molar-refractivity contribution in [2.75, 3.05) is 26.2 Å². The van der Waals surface area contributed by atoms with E-state index in [2.05, 4.69) is 0 Å². The van der Waals surface area contributed by atoms with E-state index >= 15 is 0 Å². The summed E-state index contributed by atoms with van der Waals surface area (Å²) in [7, 11) is -3.50. The molecule has 0 atom stereocenters. The number of piperazine rings is 1. The van der Waals surface area contributed by atoms with E-state index in [-0.39, 0.29) is 5.91 Å². The third kappa shape index (κ3) is 4.06. The molecule has 1 aromatic carbocycles. The van der Waals surface area contributed by atoms with Crippen LogP contribution in [0.25, 0.3) is 6.08 Å². The zero-order valence-corrected chi connectivity index (χ0v) is 16.5. The van der Waals surface area contributed by atoms with Crippen molar-refractivity contribution >= 4 is 33.3 Å². The Kier molecular flexibility index (Phi) is 5.60. The largest absolute Gasteiger partial charge is 0.337 e. The van der Waals surface area contributed by atoms with Gasteiger partial charge in [-0.25, -0.2) is 8.42 Å². The monoisotopic (exact) mass is 390 g/mol. The zero-order chi connectivity index (χ0) is 18.7. The van der Waals surface area contributed by atoms with Crippen molar-refractivity contribution in [3.8, 4) is 0 Å². The van der Waals surface area contributed by atoms with Gasteiger partial charge in [0.15, 0.2) is 0 Å². The Labute approximate surface area is 158 Å². The van der Waals surface area contributed by atoms with Gasteiger partial charge in [0.2, 0.25) is 15.9 Å². The van der Waals surface area contributed by atoms with Crippen LogP contribution in [-0.2, 0) is 14.8 Å². The zero-order valence-electron chi connectivity index (χ0n) is 14.9. The normalized spacial score (nSPS) is 16.3. The van der Waals surface area contributed by atoms with Gasteiger partial charge in [-0.15, -0.1) is 11.3 Å². The molecular formula is C19H22N2O3S2. The minimum Gasteiger partial charge on any atom is -0.337 e. The lowest BCUT2D eigenvalue weighted by molar-refractivity contribution is -0.127. The lowest BCUT2D eigenvalue weighted by Gasteiger charge is -2.33. The summed E-state index contributed by atoms with van der Waals surface area (Å²) >= 11 is 1.60. The second-order valence-corrected chi connectivity index (χ2v) is 9.23. The topological polar surface area (TPSA) is 57.7 Å². The summed E-state index contributed by atoms with van der Waals surface area (Å²) in [5, 5.41) is 1.99. The van der Waals surface area contributed by atoms with Gasteiger partial charge in [-0.1, -0.05) is 17.7 Å². The molecule has 1 fully saturated rings. The number of nitrogens with zero attached hydrogens (tertiary/aromatic N) is 2. The highest BCUT2D eigenvalue weighted by Crippen LogP contribution is 2.19. The Morgan fingerprint density at radius 3 is 2.27 bits per heavy atom. The van der Waals surface area contributed by atoms with Crippen LogP contribution in [0.3, 0.4) is 0 Å². The first kappa shape index (κ1) is 18.8. The predicted octanol–water partition coefficient (Wildman–Crippen LogP) is 2.91. The maximum atomic E-state index is 12.7. The average molecular weight is 391 g/mol. The van der Waals surface area contributed by atoms with Crippen molar-refractivity contribution < 1.29 is 13.2 Å². The van der Waals surface area contributed by atoms with Crippen LogP contribution in [-0.4, -0.2) is 49.7 Å². The molecule has 1 amide bonds. The van der Waals surface area contributed by atoms with Crippen molar-refractivity contribution in [2.45, 2.75) is 18.7 Å². The Balaban J connectivity index is 1.61. The van der Waals surface area contributed by atoms with E-state index in [1.807, 2.05) is 31.4 Å². The van der Waals surface area contributed by atoms with E-state index in [4.69, 9.17) is 0 Å². The molecule has 0 unspecified atom stereocenters. The van der Waals surface area contributed by atoms with Gasteiger partial charge in [0.25, 0.3) is 0 Å². The standard InChI is InChI=1S/C19H22N2O3S2/c1-15-3-5-17(6-4-15)26(23,24)21-12-10-20(11-13-21)19(22)8-7-18-16(2)9-14-25-18/h3-9,14H,10-13H2,1-2H3/b8-7+. The molecule has 0 saturated carbocycles. The minimum absolute atomic E-state index is 0.0785. The maximum Gasteiger partial charge on any atom is 0.246 e. The number of sulfonamides is 1. The first-order valence-electron chi connectivity index (χ1n) is 8.46. The number of thiophene rings is 1. The van der Waals surface area contributed by atoms with Gasteiger partial charge >= 0.3 is 0 Å². The van der Waals surface area contributed by atoms with E-state index < -0.39 is 10.0 Å². The van der Waals surface area contributed by atoms with Crippen LogP contribution in [0.5, 0.6) is 0 Å². The lowest BCUT2D eigenvalue weighted by Crippen LogP contribution is -2.50. The molecule has 0 N–H and O–H groups in total. The summed E-state index contributed by atoms with van der Waals surface area (Å²) < 4.78 is 26.9. The molecule has 1 aliphatic heterocycles. The van der Waals surface area contributed by atoms with Gasteiger partial charge in [-0.05, 0) is 49.1 Å². The fourth-order valence-electron chi connectivity index (χ4n) is 2.82. The number of carbonyl (C=O) groups is 1. The number of hydrogen-bond acceptors (Lipinski definition) is 4. The molecule has 2 heterocycles. The fraction of sp³-hybridized carbons (Fsp3) is 0.316. The fourth-order valence-corrected chi connectivity index (χ4v) is 5.06. The smallest absolute Gasteiger partial charge is 0.246 e. The summed E-state index contributed by atoms with van der Waals surface area (Å²) in [6.07, 6.45) is 3.40. The maximum absolute atomic E-state index is 12.7. The average Bonchev–Trinajstić information content (AvgIpc) is 3.05. The quantitative estimate of drug-likeness (QED) is 0.755. The van der Waals surface area contributed by atoms with Gasteiger partial charge in [0.1, 0.15) is 0 Å². The first-order chi connectivity index (χ1) is 12.4. The van der Waals surface area contributed by atoms with Crippen LogP contribution in [0.2, 0.25) is 0 Å². The molecule has 1 aliphatic rings. The van der Waals surface area contributed by atoms with Gasteiger partial charge in [0.05, 0.1) is 4.90 Å². The molecule has 26 heavy (non-hydrogen) atoms. The number of amides is 1. The van der Waals surface area contributed by atoms with Crippen LogP contribution in [0.15, 0.2) is 46.7 Å². The molecule has 1 saturated heterocycles. The minimum atomic E-state index is -3.50. The SMILES string of the molecule is Cc1ccc(S(=O)(=O)N2CCN(C(=O)/C=C/c3sccc3C)CC2)cc1. The highest BCUT2D eigenvalue weighted by molar-refractivity contribution is 7.89. The number of aryl methyl sites for hydroxylation is 2. The molecule has 0 bridgehead atoms. The van der Waals surface area contributed by atoms with E-state index in [9.17, 15) is 13.2 Å². The lowest BCUT2D eigenvalue weighted by atomic mass is 10.2. The summed E-state index contributed by atoms with van der Waals surface area (Å²) in [5.41, 5.74) is 2.17. The van der Waals surface area contributed by atoms with E-state index in [0.29, 0.717) is 31.1 Å². The van der Waals surface area contributed by atoms with Gasteiger partial charge in [-0.2, -0.15) is 4.31 Å². The third-order valence-corrected chi connectivity index (χ3v) is 7.39. The molecule has 0 radical (unpaired) electrons. The van der Waals surface area contributed by atoms with Crippen LogP contribution in [0.4, 0.5) is 0 Å². The molecular weight excluding hydrogens is 368 g/mol. The Morgan fingerprint density at radius 1 is 1.04 bits per heavy atom. The summed E-state index contributed by atoms with van der Waals surface area (Å²) in [5.74, 6) is -0.0785. The summed E-state index contributed by atoms with van der Waals surface area (Å²) in [4.78, 5) is 15.4. The Morgan fingerprint density at radius 2 is 1.69 bits per heavy atom. The molecule has 3 rings (SSSR count). The second-order valence-electron chi connectivity index (χ2n) is 6.34. The molecule has 1 aromatic heterocycles. The summed E-state index contributed by atoms with van der Waals surface area (Å²) in [6, 6.07) is 8.88. The van der Waals surface area contributed by atoms with Gasteiger partial charge in [0, 0.05) is 37.1 Å². The highest BCUT2D eigenvalue weighted by atomic mass is 32.2. The molecule has 138 valence electrons. The van der Waals surface area contributed by atoms with Crippen LogP contribution >= 0.6 is 11.3 Å². The van der Waals surface area contributed by atoms with Gasteiger partial charge in [-0.3, -0.25) is 4.79 Å². The van der Waals surface area contributed by atoms with Crippen molar-refractivity contribution in [3.05, 3.63) is 57.8 Å². The Hall–Kier alpha value is -1.96. The highest BCUT2D eigenvalue weighted by Gasteiger charge is 2.29. The molecule has 0 spiro atoms. The van der Waals surface area contributed by atoms with E-state index in [1.165, 1.54) is 4.31 Å². The molecule has 5 nitrogen and oxygen atoms in total. The summed E-state index contributed by atoms with van der Waals surface area (Å²) in [6.45, 7) is 5.36. The van der Waals surface area contributed by atoms with Crippen molar-refractivity contribution in [2.24, 2.45) is 0 Å². The predicted molar refractivity (Wildman–Crippen MR) is 105 cm³/mol. The number of rotatable bonds is 4. The number of benzene rings is 1. The molecule has 7 heteroatoms. The Bertz CT molecular complexity index is 907. The van der Waals surface area contributed by atoms with Crippen molar-refractivity contribution in [1.82, 2.24) is 9.21 Å². The number of hydrogen-bond donors (Lipinski definition) is 0. The second kappa shape index (κ2) is 7.73. The molecule has 2 aromatic rings. The molecule has 0 aliphatic carbocycles. The first-order valence-corrected chi connectivity index (χ1v) is 10.8.